The zero-order valence-corrected chi connectivity index (χ0v) is 13.5. The standard InChI is InChI=1S/C19H20ClNO/c1-15-5-11-19(12-6-15)22-13-3-2-4-17(14-21)16-7-9-18(20)10-8-16/h5-12,17H,2-4,13H2,1H3. The molecule has 1 unspecified atom stereocenters. The maximum absolute atomic E-state index is 9.30. The lowest BCUT2D eigenvalue weighted by molar-refractivity contribution is 0.304. The number of halogens is 1. The van der Waals surface area contributed by atoms with Crippen molar-refractivity contribution in [2.24, 2.45) is 0 Å². The van der Waals surface area contributed by atoms with E-state index in [2.05, 4.69) is 13.0 Å². The zero-order chi connectivity index (χ0) is 15.8. The summed E-state index contributed by atoms with van der Waals surface area (Å²) in [6.45, 7) is 2.74. The van der Waals surface area contributed by atoms with Crippen molar-refractivity contribution in [3.05, 3.63) is 64.7 Å². The minimum absolute atomic E-state index is 0.0726. The van der Waals surface area contributed by atoms with Gasteiger partial charge < -0.3 is 4.74 Å². The molecule has 0 fully saturated rings. The Bertz CT molecular complexity index is 613. The summed E-state index contributed by atoms with van der Waals surface area (Å²) in [5, 5.41) is 10.00. The van der Waals surface area contributed by atoms with Crippen LogP contribution in [0.25, 0.3) is 0 Å². The lowest BCUT2D eigenvalue weighted by atomic mass is 9.95. The van der Waals surface area contributed by atoms with E-state index in [0.717, 1.165) is 30.6 Å². The molecule has 0 aromatic heterocycles. The number of ether oxygens (including phenoxy) is 1. The Kier molecular flexibility index (Phi) is 6.30. The summed E-state index contributed by atoms with van der Waals surface area (Å²) < 4.78 is 5.70. The van der Waals surface area contributed by atoms with Gasteiger partial charge in [0, 0.05) is 5.02 Å². The number of hydrogen-bond acceptors (Lipinski definition) is 2. The Morgan fingerprint density at radius 1 is 1.05 bits per heavy atom. The molecule has 2 rings (SSSR count). The van der Waals surface area contributed by atoms with E-state index in [-0.39, 0.29) is 5.92 Å². The molecule has 0 aliphatic heterocycles. The van der Waals surface area contributed by atoms with E-state index in [1.54, 1.807) is 0 Å². The topological polar surface area (TPSA) is 33.0 Å². The average molecular weight is 314 g/mol. The molecular formula is C19H20ClNO. The molecule has 1 atom stereocenters. The molecular weight excluding hydrogens is 294 g/mol. The molecule has 0 saturated carbocycles. The molecule has 0 N–H and O–H groups in total. The van der Waals surface area contributed by atoms with Gasteiger partial charge >= 0.3 is 0 Å². The number of benzene rings is 2. The molecule has 0 amide bonds. The molecule has 114 valence electrons. The highest BCUT2D eigenvalue weighted by Crippen LogP contribution is 2.23. The van der Waals surface area contributed by atoms with Crippen LogP contribution in [0.15, 0.2) is 48.5 Å². The number of aryl methyl sites for hydroxylation is 1. The molecule has 0 saturated heterocycles. The summed E-state index contributed by atoms with van der Waals surface area (Å²) in [5.74, 6) is 0.830. The van der Waals surface area contributed by atoms with Crippen molar-refractivity contribution >= 4 is 11.6 Å². The molecule has 2 nitrogen and oxygen atoms in total. The van der Waals surface area contributed by atoms with E-state index in [9.17, 15) is 5.26 Å². The fourth-order valence-corrected chi connectivity index (χ4v) is 2.40. The summed E-state index contributed by atoms with van der Waals surface area (Å²) in [6, 6.07) is 18.0. The van der Waals surface area contributed by atoms with Gasteiger partial charge in [0.05, 0.1) is 18.6 Å². The van der Waals surface area contributed by atoms with E-state index in [1.165, 1.54) is 5.56 Å². The van der Waals surface area contributed by atoms with Crippen LogP contribution in [0.5, 0.6) is 5.75 Å². The zero-order valence-electron chi connectivity index (χ0n) is 12.8. The van der Waals surface area contributed by atoms with Crippen molar-refractivity contribution in [3.8, 4) is 11.8 Å². The van der Waals surface area contributed by atoms with Crippen LogP contribution in [0.2, 0.25) is 5.02 Å². The quantitative estimate of drug-likeness (QED) is 0.632. The smallest absolute Gasteiger partial charge is 0.119 e. The first-order valence-corrected chi connectivity index (χ1v) is 7.91. The SMILES string of the molecule is Cc1ccc(OCCCCC(C#N)c2ccc(Cl)cc2)cc1. The second kappa shape index (κ2) is 8.46. The molecule has 0 bridgehead atoms. The third-order valence-electron chi connectivity index (χ3n) is 3.61. The molecule has 0 spiro atoms. The highest BCUT2D eigenvalue weighted by Gasteiger charge is 2.10. The minimum atomic E-state index is -0.0726. The summed E-state index contributed by atoms with van der Waals surface area (Å²) >= 11 is 5.87. The molecule has 0 heterocycles. The van der Waals surface area contributed by atoms with Gasteiger partial charge in [-0.25, -0.2) is 0 Å². The third-order valence-corrected chi connectivity index (χ3v) is 3.86. The van der Waals surface area contributed by atoms with Crippen molar-refractivity contribution in [2.75, 3.05) is 6.61 Å². The summed E-state index contributed by atoms with van der Waals surface area (Å²) in [7, 11) is 0. The minimum Gasteiger partial charge on any atom is -0.494 e. The van der Waals surface area contributed by atoms with Gasteiger partial charge in [0.2, 0.25) is 0 Å². The normalized spacial score (nSPS) is 11.7. The van der Waals surface area contributed by atoms with Crippen molar-refractivity contribution in [3.63, 3.8) is 0 Å². The van der Waals surface area contributed by atoms with Crippen LogP contribution in [-0.4, -0.2) is 6.61 Å². The number of rotatable bonds is 7. The van der Waals surface area contributed by atoms with Gasteiger partial charge in [-0.05, 0) is 56.0 Å². The Labute approximate surface area is 137 Å². The molecule has 2 aromatic rings. The Hall–Kier alpha value is -1.98. The van der Waals surface area contributed by atoms with E-state index in [1.807, 2.05) is 48.5 Å². The number of unbranched alkanes of at least 4 members (excludes halogenated alkanes) is 1. The van der Waals surface area contributed by atoms with E-state index >= 15 is 0 Å². The fraction of sp³-hybridized carbons (Fsp3) is 0.316. The van der Waals surface area contributed by atoms with Crippen molar-refractivity contribution in [2.45, 2.75) is 32.1 Å². The van der Waals surface area contributed by atoms with Crippen molar-refractivity contribution in [1.82, 2.24) is 0 Å². The maximum atomic E-state index is 9.30. The van der Waals surface area contributed by atoms with Crippen LogP contribution in [0, 0.1) is 18.3 Å². The first-order valence-electron chi connectivity index (χ1n) is 7.53. The molecule has 0 radical (unpaired) electrons. The van der Waals surface area contributed by atoms with Gasteiger partial charge in [-0.15, -0.1) is 0 Å². The second-order valence-electron chi connectivity index (χ2n) is 5.39. The molecule has 3 heteroatoms. The highest BCUT2D eigenvalue weighted by molar-refractivity contribution is 6.30. The average Bonchev–Trinajstić information content (AvgIpc) is 2.54. The van der Waals surface area contributed by atoms with E-state index in [4.69, 9.17) is 16.3 Å². The van der Waals surface area contributed by atoms with Crippen LogP contribution in [-0.2, 0) is 0 Å². The maximum Gasteiger partial charge on any atom is 0.119 e. The lowest BCUT2D eigenvalue weighted by Crippen LogP contribution is -2.00. The summed E-state index contributed by atoms with van der Waals surface area (Å²) in [5.41, 5.74) is 2.26. The summed E-state index contributed by atoms with van der Waals surface area (Å²) in [6.07, 6.45) is 2.75. The first-order chi connectivity index (χ1) is 10.7. The molecule has 0 aliphatic rings. The first kappa shape index (κ1) is 16.4. The van der Waals surface area contributed by atoms with Crippen LogP contribution in [0.1, 0.15) is 36.3 Å². The van der Waals surface area contributed by atoms with Crippen molar-refractivity contribution in [1.29, 1.82) is 5.26 Å². The predicted octanol–water partition coefficient (Wildman–Crippen LogP) is 5.50. The monoisotopic (exact) mass is 313 g/mol. The molecule has 0 aliphatic carbocycles. The van der Waals surface area contributed by atoms with Gasteiger partial charge in [-0.1, -0.05) is 41.4 Å². The van der Waals surface area contributed by atoms with E-state index in [0.29, 0.717) is 11.6 Å². The van der Waals surface area contributed by atoms with Crippen molar-refractivity contribution < 1.29 is 4.74 Å². The van der Waals surface area contributed by atoms with Gasteiger partial charge in [-0.3, -0.25) is 0 Å². The largest absolute Gasteiger partial charge is 0.494 e. The van der Waals surface area contributed by atoms with Crippen LogP contribution < -0.4 is 4.74 Å². The second-order valence-corrected chi connectivity index (χ2v) is 5.83. The van der Waals surface area contributed by atoms with E-state index < -0.39 is 0 Å². The predicted molar refractivity (Wildman–Crippen MR) is 90.3 cm³/mol. The van der Waals surface area contributed by atoms with Crippen LogP contribution in [0.3, 0.4) is 0 Å². The van der Waals surface area contributed by atoms with Gasteiger partial charge in [0.25, 0.3) is 0 Å². The van der Waals surface area contributed by atoms with Gasteiger partial charge in [-0.2, -0.15) is 5.26 Å². The highest BCUT2D eigenvalue weighted by atomic mass is 35.5. The third kappa shape index (κ3) is 5.09. The lowest BCUT2D eigenvalue weighted by Gasteiger charge is -2.10. The van der Waals surface area contributed by atoms with Gasteiger partial charge in [0.15, 0.2) is 0 Å². The van der Waals surface area contributed by atoms with Crippen LogP contribution >= 0.6 is 11.6 Å². The van der Waals surface area contributed by atoms with Gasteiger partial charge in [0.1, 0.15) is 5.75 Å². The fourth-order valence-electron chi connectivity index (χ4n) is 2.28. The number of nitrogens with zero attached hydrogens (tertiary/aromatic N) is 1. The Morgan fingerprint density at radius 3 is 2.36 bits per heavy atom. The van der Waals surface area contributed by atoms with Crippen LogP contribution in [0.4, 0.5) is 0 Å². The molecule has 22 heavy (non-hydrogen) atoms. The Morgan fingerprint density at radius 2 is 1.73 bits per heavy atom. The number of nitriles is 1. The number of hydrogen-bond donors (Lipinski definition) is 0. The summed E-state index contributed by atoms with van der Waals surface area (Å²) in [4.78, 5) is 0. The Balaban J connectivity index is 1.72. The molecule has 2 aromatic carbocycles.